The number of esters is 1. The van der Waals surface area contributed by atoms with Gasteiger partial charge < -0.3 is 43.7 Å². The summed E-state index contributed by atoms with van der Waals surface area (Å²) < 4.78 is 134. The van der Waals surface area contributed by atoms with Gasteiger partial charge in [0.1, 0.15) is 23.1 Å². The van der Waals surface area contributed by atoms with Crippen LogP contribution >= 0.6 is 0 Å². The molecule has 0 aliphatic carbocycles. The first-order chi connectivity index (χ1) is 46.0. The Morgan fingerprint density at radius 2 is 0.880 bits per heavy atom. The predicted octanol–water partition coefficient (Wildman–Crippen LogP) is 12.6. The third-order valence-corrected chi connectivity index (χ3v) is 18.6. The van der Waals surface area contributed by atoms with Gasteiger partial charge in [-0.05, 0) is 251 Å². The van der Waals surface area contributed by atoms with Crippen molar-refractivity contribution in [2.75, 3.05) is 60.1 Å². The van der Waals surface area contributed by atoms with Gasteiger partial charge in [-0.3, -0.25) is 28.8 Å². The average molecular weight is 1400 g/mol. The van der Waals surface area contributed by atoms with Crippen LogP contribution in [0.15, 0.2) is 82.6 Å². The molecule has 2 aliphatic rings. The zero-order valence-electron chi connectivity index (χ0n) is 59.8. The number of carboxylic acids is 1. The molecule has 8 rings (SSSR count). The van der Waals surface area contributed by atoms with Gasteiger partial charge in [0.25, 0.3) is 11.1 Å². The standard InChI is InChI=1S/C39H48F4N2O5.C37H44F4N2O5.Li.H2O/c1-8-50-36(48)20-28(31-18-29(15-26(6)38(31)40)37-24(4)16-30(49-7)17-25(37)5)19-34(46)33(14-23(2)3)45-22-27(10-13-44-11-9-12-44)32(21-35(45)47)39(41,42)43;1-21(2)12-31(43-20-25(8-11-42-9-7-10-42)30(19-33(43)45)37(39,40)41)32(44)17-26(18-34(46)47)29-16-27(13-24(5)36(29)38)35-22(3)14-28(48-6)15-23(35)4;;/h15-18,21-23,28,33H,8-14,19-20H2,1-7H3;13-16,19-21,26,31H,7-12,17-18H2,1-6H3,(H,46,47);;1H2/q;;+1;/p-1/t28-,33?;26-,31?;;/m00../s1. The van der Waals surface area contributed by atoms with Gasteiger partial charge >= 0.3 is 43.2 Å². The van der Waals surface area contributed by atoms with Gasteiger partial charge in [-0.1, -0.05) is 27.7 Å². The number of rotatable bonds is 29. The summed E-state index contributed by atoms with van der Waals surface area (Å²) >= 11 is 0. The van der Waals surface area contributed by atoms with Crippen molar-refractivity contribution in [3.05, 3.63) is 172 Å². The second-order valence-corrected chi connectivity index (χ2v) is 27.1. The summed E-state index contributed by atoms with van der Waals surface area (Å²) in [5.41, 5.74) is 3.20. The molecule has 15 nitrogen and oxygen atoms in total. The number of carbonyl (C=O) groups excluding carboxylic acids is 3. The molecule has 24 heteroatoms. The summed E-state index contributed by atoms with van der Waals surface area (Å²) in [5.74, 6) is -5.10. The van der Waals surface area contributed by atoms with Crippen LogP contribution < -0.4 is 39.5 Å². The van der Waals surface area contributed by atoms with Crippen molar-refractivity contribution >= 4 is 23.5 Å². The Bertz CT molecular complexity index is 3960. The van der Waals surface area contributed by atoms with E-state index in [9.17, 15) is 60.2 Å². The fourth-order valence-corrected chi connectivity index (χ4v) is 13.5. The molecule has 540 valence electrons. The predicted molar refractivity (Wildman–Crippen MR) is 363 cm³/mol. The van der Waals surface area contributed by atoms with Gasteiger partial charge in [-0.25, -0.2) is 8.78 Å². The molecule has 4 aromatic carbocycles. The van der Waals surface area contributed by atoms with E-state index in [0.29, 0.717) is 53.4 Å². The van der Waals surface area contributed by atoms with Crippen LogP contribution in [0.1, 0.15) is 177 Å². The van der Waals surface area contributed by atoms with Crippen molar-refractivity contribution in [1.82, 2.24) is 18.9 Å². The van der Waals surface area contributed by atoms with Crippen LogP contribution in [0, 0.1) is 65.0 Å². The summed E-state index contributed by atoms with van der Waals surface area (Å²) in [5, 5.41) is 9.85. The number of likely N-dealkylation sites (tertiary alicyclic amines) is 2. The minimum Gasteiger partial charge on any atom is -0.870 e. The minimum absolute atomic E-state index is 0. The largest absolute Gasteiger partial charge is 1.00 e. The molecule has 0 bridgehead atoms. The molecule has 6 aromatic rings. The first-order valence-electron chi connectivity index (χ1n) is 33.5. The van der Waals surface area contributed by atoms with Gasteiger partial charge in [0.15, 0.2) is 11.6 Å². The Balaban J connectivity index is 0.000000354. The normalized spacial score (nSPS) is 14.5. The number of pyridine rings is 2. The molecule has 2 fully saturated rings. The molecule has 4 heterocycles. The van der Waals surface area contributed by atoms with Crippen LogP contribution in [0.5, 0.6) is 11.5 Å². The number of benzene rings is 4. The van der Waals surface area contributed by atoms with E-state index in [1.807, 2.05) is 89.5 Å². The number of methoxy groups -OCH3 is 2. The molecule has 2 saturated heterocycles. The topological polar surface area (TPSA) is 197 Å². The second kappa shape index (κ2) is 35.9. The molecule has 2 aliphatic heterocycles. The van der Waals surface area contributed by atoms with Gasteiger partial charge in [-0.2, -0.15) is 26.3 Å². The number of ether oxygens (including phenoxy) is 3. The van der Waals surface area contributed by atoms with E-state index in [2.05, 4.69) is 0 Å². The molecule has 2 N–H and O–H groups in total. The zero-order valence-corrected chi connectivity index (χ0v) is 59.8. The fourth-order valence-electron chi connectivity index (χ4n) is 13.5. The van der Waals surface area contributed by atoms with Crippen LogP contribution in [0.2, 0.25) is 0 Å². The maximum Gasteiger partial charge on any atom is 1.00 e. The minimum atomic E-state index is -4.76. The Labute approximate surface area is 592 Å². The first kappa shape index (κ1) is 83.2. The van der Waals surface area contributed by atoms with Crippen molar-refractivity contribution in [2.45, 2.75) is 177 Å². The van der Waals surface area contributed by atoms with Crippen molar-refractivity contribution in [3.8, 4) is 33.8 Å². The number of Topliss-reactive ketones (excluding diaryl/α,β-unsaturated/α-hetero) is 2. The zero-order chi connectivity index (χ0) is 72.4. The maximum atomic E-state index is 16.1. The number of hydrogen-bond acceptors (Lipinski definition) is 12. The van der Waals surface area contributed by atoms with E-state index in [-0.39, 0.29) is 109 Å². The summed E-state index contributed by atoms with van der Waals surface area (Å²) in [6.07, 6.45) is -6.49. The molecule has 0 amide bonds. The van der Waals surface area contributed by atoms with E-state index in [0.717, 1.165) is 87.7 Å². The van der Waals surface area contributed by atoms with E-state index >= 15 is 8.78 Å². The quantitative estimate of drug-likeness (QED) is 0.0265. The van der Waals surface area contributed by atoms with Gasteiger partial charge in [0, 0.05) is 62.3 Å². The van der Waals surface area contributed by atoms with Crippen LogP contribution in [0.25, 0.3) is 22.3 Å². The third kappa shape index (κ3) is 21.1. The number of carboxylic acid groups (broad SMARTS) is 1. The number of carbonyl (C=O) groups is 4. The van der Waals surface area contributed by atoms with E-state index < -0.39 is 106 Å². The monoisotopic (exact) mass is 1400 g/mol. The Kier molecular flexibility index (Phi) is 29.9. The molecular formula is C76H93F8LiN4O11. The molecule has 2 aromatic heterocycles. The van der Waals surface area contributed by atoms with Crippen LogP contribution in [0.3, 0.4) is 0 Å². The van der Waals surface area contributed by atoms with Gasteiger partial charge in [0.2, 0.25) is 0 Å². The number of hydrogen-bond donors (Lipinski definition) is 1. The van der Waals surface area contributed by atoms with Crippen molar-refractivity contribution < 1.29 is 98.0 Å². The SMILES string of the molecule is CCOC(=O)C[C@H](CC(=O)C(CC(C)C)n1cc(CCN2CCC2)c(C(F)(F)F)cc1=O)c1cc(-c2c(C)cc(OC)cc2C)cc(C)c1F.COc1cc(C)c(-c2cc(C)c(F)c([C@H](CC(=O)O)CC(=O)C(CC(C)C)n3cc(CCN4CCC4)c(C(F)(F)F)cc3=O)c2)c(C)c1.[Li+].[OH-]. The molecule has 0 spiro atoms. The number of halogens is 8. The van der Waals surface area contributed by atoms with Crippen molar-refractivity contribution in [1.29, 1.82) is 0 Å². The summed E-state index contributed by atoms with van der Waals surface area (Å²) in [6.45, 7) is 23.8. The average Bonchev–Trinajstić information content (AvgIpc) is 0.869. The molecule has 0 radical (unpaired) electrons. The molecule has 4 atom stereocenters. The summed E-state index contributed by atoms with van der Waals surface area (Å²) in [6, 6.07) is 12.9. The Hall–Kier alpha value is -7.42. The number of ketones is 2. The van der Waals surface area contributed by atoms with Gasteiger partial charge in [-0.15, -0.1) is 0 Å². The Morgan fingerprint density at radius 3 is 1.17 bits per heavy atom. The van der Waals surface area contributed by atoms with Crippen molar-refractivity contribution in [3.63, 3.8) is 0 Å². The molecule has 0 saturated carbocycles. The maximum absolute atomic E-state index is 16.1. The number of aryl methyl sites for hydroxylation is 6. The number of aromatic nitrogens is 2. The van der Waals surface area contributed by atoms with Crippen LogP contribution in [-0.4, -0.2) is 113 Å². The smallest absolute Gasteiger partial charge is 0.870 e. The van der Waals surface area contributed by atoms with Gasteiger partial charge in [0.05, 0.1) is 56.9 Å². The first-order valence-corrected chi connectivity index (χ1v) is 33.5. The molecule has 2 unspecified atom stereocenters. The van der Waals surface area contributed by atoms with E-state index in [1.54, 1.807) is 59.3 Å². The van der Waals surface area contributed by atoms with E-state index in [1.165, 1.54) is 6.20 Å². The molecular weight excluding hydrogens is 1300 g/mol. The van der Waals surface area contributed by atoms with Crippen molar-refractivity contribution in [2.24, 2.45) is 11.8 Å². The summed E-state index contributed by atoms with van der Waals surface area (Å²) in [7, 11) is 3.13. The van der Waals surface area contributed by atoms with E-state index in [4.69, 9.17) is 14.2 Å². The van der Waals surface area contributed by atoms with Crippen LogP contribution in [0.4, 0.5) is 35.1 Å². The number of aliphatic carboxylic acids is 1. The number of alkyl halides is 6. The van der Waals surface area contributed by atoms with Crippen LogP contribution in [-0.2, 0) is 49.1 Å². The fraction of sp³-hybridized carbons (Fsp3) is 0.500. The number of nitrogens with zero attached hydrogens (tertiary/aromatic N) is 4. The molecule has 100 heavy (non-hydrogen) atoms. The second-order valence-electron chi connectivity index (χ2n) is 27.1. The Morgan fingerprint density at radius 1 is 0.530 bits per heavy atom. The summed E-state index contributed by atoms with van der Waals surface area (Å²) in [4.78, 5) is 84.1. The third-order valence-electron chi connectivity index (χ3n) is 18.6.